The Hall–Kier alpha value is -1.61. The summed E-state index contributed by atoms with van der Waals surface area (Å²) in [6.07, 6.45) is 0. The molecule has 3 N–H and O–H groups in total. The van der Waals surface area contributed by atoms with Gasteiger partial charge in [0, 0.05) is 5.38 Å². The number of nitrogens with two attached hydrogens (primary N) is 1. The van der Waals surface area contributed by atoms with Gasteiger partial charge in [0.25, 0.3) is 0 Å². The van der Waals surface area contributed by atoms with E-state index in [0.29, 0.717) is 5.56 Å². The van der Waals surface area contributed by atoms with E-state index in [-0.39, 0.29) is 5.82 Å². The summed E-state index contributed by atoms with van der Waals surface area (Å²) in [5, 5.41) is 12.2. The number of rotatable bonds is 1. The number of carbonyl (C=O) groups excluding carboxylic acids is 1. The third-order valence-corrected chi connectivity index (χ3v) is 1.56. The number of hydrogen-bond acceptors (Lipinski definition) is 4. The number of primary amides is 1. The first-order valence-electron chi connectivity index (χ1n) is 2.65. The number of nitriles is 1. The molecule has 1 rings (SSSR count). The van der Waals surface area contributed by atoms with E-state index in [9.17, 15) is 4.79 Å². The van der Waals surface area contributed by atoms with Crippen molar-refractivity contribution in [3.8, 4) is 6.07 Å². The van der Waals surface area contributed by atoms with Gasteiger partial charge in [0.1, 0.15) is 11.6 Å². The number of nitrogens with zero attached hydrogens (tertiary/aromatic N) is 2. The van der Waals surface area contributed by atoms with Gasteiger partial charge in [-0.1, -0.05) is 0 Å². The molecule has 5 nitrogen and oxygen atoms in total. The highest BCUT2D eigenvalue weighted by atomic mass is 32.1. The number of nitrogens with one attached hydrogen (secondary N) is 1. The molecule has 0 unspecified atom stereocenters. The molecule has 0 saturated heterocycles. The van der Waals surface area contributed by atoms with Crippen LogP contribution < -0.4 is 11.1 Å². The van der Waals surface area contributed by atoms with Gasteiger partial charge < -0.3 is 5.73 Å². The Bertz CT molecular complexity index is 313. The lowest BCUT2D eigenvalue weighted by Crippen LogP contribution is -2.19. The maximum atomic E-state index is 10.3. The third kappa shape index (κ3) is 1.65. The monoisotopic (exact) mass is 168 g/mol. The third-order valence-electron chi connectivity index (χ3n) is 0.932. The van der Waals surface area contributed by atoms with Crippen LogP contribution in [0.1, 0.15) is 5.56 Å². The van der Waals surface area contributed by atoms with Crippen LogP contribution >= 0.6 is 11.5 Å². The quantitative estimate of drug-likeness (QED) is 0.639. The zero-order valence-electron chi connectivity index (χ0n) is 5.37. The molecule has 0 radical (unpaired) electrons. The van der Waals surface area contributed by atoms with Crippen LogP contribution in [0.3, 0.4) is 0 Å². The first-order chi connectivity index (χ1) is 5.24. The number of carbonyl (C=O) groups is 1. The van der Waals surface area contributed by atoms with Crippen molar-refractivity contribution in [2.45, 2.75) is 0 Å². The van der Waals surface area contributed by atoms with Crippen LogP contribution in [0.25, 0.3) is 0 Å². The van der Waals surface area contributed by atoms with E-state index in [1.165, 1.54) is 5.38 Å². The lowest BCUT2D eigenvalue weighted by Gasteiger charge is -1.93. The van der Waals surface area contributed by atoms with Crippen LogP contribution in [0.2, 0.25) is 0 Å². The van der Waals surface area contributed by atoms with Gasteiger partial charge in [0.05, 0.1) is 0 Å². The minimum absolute atomic E-state index is 0.227. The lowest BCUT2D eigenvalue weighted by atomic mass is 10.4. The maximum absolute atomic E-state index is 10.3. The molecule has 0 aliphatic rings. The van der Waals surface area contributed by atoms with Crippen LogP contribution in [0.15, 0.2) is 5.38 Å². The minimum atomic E-state index is -0.715. The molecule has 11 heavy (non-hydrogen) atoms. The molecule has 0 bridgehead atoms. The number of urea groups is 1. The fraction of sp³-hybridized carbons (Fsp3) is 0. The van der Waals surface area contributed by atoms with Crippen LogP contribution in [0, 0.1) is 11.3 Å². The van der Waals surface area contributed by atoms with Crippen molar-refractivity contribution in [1.29, 1.82) is 5.26 Å². The van der Waals surface area contributed by atoms with E-state index in [1.807, 2.05) is 6.07 Å². The van der Waals surface area contributed by atoms with Gasteiger partial charge in [-0.25, -0.2) is 4.79 Å². The number of anilines is 1. The molecule has 0 fully saturated rings. The molecule has 56 valence electrons. The Morgan fingerprint density at radius 2 is 2.64 bits per heavy atom. The van der Waals surface area contributed by atoms with Crippen molar-refractivity contribution < 1.29 is 4.79 Å². The number of hydrogen-bond donors (Lipinski definition) is 2. The van der Waals surface area contributed by atoms with Crippen LogP contribution in [-0.2, 0) is 0 Å². The molecule has 0 aliphatic carbocycles. The van der Waals surface area contributed by atoms with Gasteiger partial charge in [-0.15, -0.1) is 0 Å². The Labute approximate surface area is 66.6 Å². The highest BCUT2D eigenvalue weighted by Crippen LogP contribution is 2.13. The molecular weight excluding hydrogens is 164 g/mol. The van der Waals surface area contributed by atoms with Crippen molar-refractivity contribution in [3.63, 3.8) is 0 Å². The Kier molecular flexibility index (Phi) is 2.03. The van der Waals surface area contributed by atoms with Gasteiger partial charge in [-0.2, -0.15) is 9.64 Å². The molecule has 1 aromatic rings. The fourth-order valence-electron chi connectivity index (χ4n) is 0.523. The summed E-state index contributed by atoms with van der Waals surface area (Å²) in [4.78, 5) is 10.3. The van der Waals surface area contributed by atoms with E-state index in [0.717, 1.165) is 11.5 Å². The maximum Gasteiger partial charge on any atom is 0.317 e. The second-order valence-electron chi connectivity index (χ2n) is 1.68. The summed E-state index contributed by atoms with van der Waals surface area (Å²) in [6, 6.07) is 1.14. The second kappa shape index (κ2) is 2.98. The predicted molar refractivity (Wildman–Crippen MR) is 40.0 cm³/mol. The summed E-state index contributed by atoms with van der Waals surface area (Å²) in [7, 11) is 0. The molecule has 0 spiro atoms. The molecule has 0 aromatic carbocycles. The average molecular weight is 168 g/mol. The zero-order valence-corrected chi connectivity index (χ0v) is 6.18. The predicted octanol–water partition coefficient (Wildman–Crippen LogP) is 0.505. The summed E-state index contributed by atoms with van der Waals surface area (Å²) in [5.74, 6) is 0.227. The summed E-state index contributed by atoms with van der Waals surface area (Å²) in [5.41, 5.74) is 5.14. The zero-order chi connectivity index (χ0) is 8.27. The van der Waals surface area contributed by atoms with E-state index >= 15 is 0 Å². The molecule has 1 heterocycles. The van der Waals surface area contributed by atoms with Gasteiger partial charge in [0.15, 0.2) is 5.82 Å². The number of aromatic nitrogens is 1. The minimum Gasteiger partial charge on any atom is -0.351 e. The summed E-state index contributed by atoms with van der Waals surface area (Å²) in [6.45, 7) is 0. The van der Waals surface area contributed by atoms with Crippen LogP contribution in [-0.4, -0.2) is 10.4 Å². The van der Waals surface area contributed by atoms with E-state index < -0.39 is 6.03 Å². The molecule has 0 saturated carbocycles. The second-order valence-corrected chi connectivity index (χ2v) is 2.31. The molecule has 1 aromatic heterocycles. The first-order valence-corrected chi connectivity index (χ1v) is 3.48. The molecule has 0 aliphatic heterocycles. The summed E-state index contributed by atoms with van der Waals surface area (Å²) < 4.78 is 3.73. The van der Waals surface area contributed by atoms with Gasteiger partial charge in [-0.3, -0.25) is 5.32 Å². The van der Waals surface area contributed by atoms with E-state index in [2.05, 4.69) is 9.69 Å². The van der Waals surface area contributed by atoms with Gasteiger partial charge in [0.2, 0.25) is 0 Å². The molecule has 0 atom stereocenters. The van der Waals surface area contributed by atoms with Crippen LogP contribution in [0.5, 0.6) is 0 Å². The average Bonchev–Trinajstić information content (AvgIpc) is 2.34. The van der Waals surface area contributed by atoms with E-state index in [4.69, 9.17) is 11.0 Å². The molecule has 2 amide bonds. The fourth-order valence-corrected chi connectivity index (χ4v) is 1.09. The SMILES string of the molecule is N#Cc1csnc1NC(N)=O. The van der Waals surface area contributed by atoms with Crippen molar-refractivity contribution in [2.75, 3.05) is 5.32 Å². The number of amides is 2. The van der Waals surface area contributed by atoms with Gasteiger partial charge >= 0.3 is 6.03 Å². The summed E-state index contributed by atoms with van der Waals surface area (Å²) >= 11 is 1.09. The largest absolute Gasteiger partial charge is 0.351 e. The molecule has 6 heteroatoms. The van der Waals surface area contributed by atoms with Crippen LogP contribution in [0.4, 0.5) is 10.6 Å². The van der Waals surface area contributed by atoms with Gasteiger partial charge in [-0.05, 0) is 11.5 Å². The van der Waals surface area contributed by atoms with Crippen molar-refractivity contribution in [3.05, 3.63) is 10.9 Å². The Morgan fingerprint density at radius 1 is 1.91 bits per heavy atom. The first kappa shape index (κ1) is 7.50. The highest BCUT2D eigenvalue weighted by molar-refractivity contribution is 7.04. The topological polar surface area (TPSA) is 91.8 Å². The Balaban J connectivity index is 2.87. The standard InChI is InChI=1S/C5H4N4OS/c6-1-3-2-11-9-4(3)8-5(7)10/h2H,(H3,7,8,9,10). The van der Waals surface area contributed by atoms with Crippen molar-refractivity contribution in [2.24, 2.45) is 5.73 Å². The van der Waals surface area contributed by atoms with Crippen molar-refractivity contribution >= 4 is 23.4 Å². The van der Waals surface area contributed by atoms with E-state index in [1.54, 1.807) is 0 Å². The van der Waals surface area contributed by atoms with Crippen molar-refractivity contribution in [1.82, 2.24) is 4.37 Å². The smallest absolute Gasteiger partial charge is 0.317 e. The highest BCUT2D eigenvalue weighted by Gasteiger charge is 2.05. The normalized spacial score (nSPS) is 8.64. The molecular formula is C5H4N4OS. The lowest BCUT2D eigenvalue weighted by molar-refractivity contribution is 0.259. The Morgan fingerprint density at radius 3 is 3.18 bits per heavy atom.